The molecule has 1 fully saturated rings. The average Bonchev–Trinajstić information content (AvgIpc) is 2.46. The standard InChI is InChI=1S/C18H21NO/c1-14-6-5-11-19(12-14)13-18(20)17-10-4-8-15-7-2-3-9-16(15)17/h2-4,7-10,14H,5-6,11-13H2,1H3. The van der Waals surface area contributed by atoms with Gasteiger partial charge in [-0.05, 0) is 36.1 Å². The van der Waals surface area contributed by atoms with Crippen LogP contribution in [0.4, 0.5) is 0 Å². The summed E-state index contributed by atoms with van der Waals surface area (Å²) in [6.45, 7) is 4.93. The normalized spacial score (nSPS) is 20.1. The van der Waals surface area contributed by atoms with Crippen molar-refractivity contribution in [3.05, 3.63) is 48.0 Å². The summed E-state index contributed by atoms with van der Waals surface area (Å²) < 4.78 is 0. The van der Waals surface area contributed by atoms with E-state index in [9.17, 15) is 4.79 Å². The van der Waals surface area contributed by atoms with Gasteiger partial charge >= 0.3 is 0 Å². The Labute approximate surface area is 120 Å². The largest absolute Gasteiger partial charge is 0.296 e. The SMILES string of the molecule is CC1CCCN(CC(=O)c2cccc3ccccc23)C1. The van der Waals surface area contributed by atoms with Gasteiger partial charge in [0.05, 0.1) is 6.54 Å². The van der Waals surface area contributed by atoms with Crippen molar-refractivity contribution in [2.75, 3.05) is 19.6 Å². The van der Waals surface area contributed by atoms with E-state index >= 15 is 0 Å². The van der Waals surface area contributed by atoms with Crippen LogP contribution in [-0.2, 0) is 0 Å². The Hall–Kier alpha value is -1.67. The molecule has 0 saturated carbocycles. The smallest absolute Gasteiger partial charge is 0.177 e. The highest BCUT2D eigenvalue weighted by atomic mass is 16.1. The molecule has 1 saturated heterocycles. The van der Waals surface area contributed by atoms with Gasteiger partial charge in [0.25, 0.3) is 0 Å². The van der Waals surface area contributed by atoms with Crippen LogP contribution in [0.1, 0.15) is 30.1 Å². The van der Waals surface area contributed by atoms with E-state index in [1.165, 1.54) is 12.8 Å². The average molecular weight is 267 g/mol. The van der Waals surface area contributed by atoms with E-state index in [-0.39, 0.29) is 5.78 Å². The molecule has 2 heteroatoms. The maximum atomic E-state index is 12.6. The molecule has 0 aliphatic carbocycles. The molecule has 104 valence electrons. The van der Waals surface area contributed by atoms with Crippen molar-refractivity contribution in [1.82, 2.24) is 4.90 Å². The number of hydrogen-bond donors (Lipinski definition) is 0. The second kappa shape index (κ2) is 5.76. The molecule has 20 heavy (non-hydrogen) atoms. The molecule has 3 rings (SSSR count). The maximum absolute atomic E-state index is 12.6. The Bertz CT molecular complexity index is 614. The number of carbonyl (C=O) groups is 1. The topological polar surface area (TPSA) is 20.3 Å². The second-order valence-corrected chi connectivity index (χ2v) is 5.93. The third-order valence-electron chi connectivity index (χ3n) is 4.20. The van der Waals surface area contributed by atoms with Crippen LogP contribution in [-0.4, -0.2) is 30.3 Å². The lowest BCUT2D eigenvalue weighted by molar-refractivity contribution is 0.0894. The molecule has 0 spiro atoms. The van der Waals surface area contributed by atoms with E-state index in [1.807, 2.05) is 30.3 Å². The minimum absolute atomic E-state index is 0.246. The molecule has 2 nitrogen and oxygen atoms in total. The molecule has 2 aromatic carbocycles. The predicted octanol–water partition coefficient (Wildman–Crippen LogP) is 3.75. The Balaban J connectivity index is 1.82. The van der Waals surface area contributed by atoms with Gasteiger partial charge in [-0.1, -0.05) is 49.4 Å². The highest BCUT2D eigenvalue weighted by Crippen LogP contribution is 2.20. The van der Waals surface area contributed by atoms with Crippen LogP contribution in [0.3, 0.4) is 0 Å². The number of nitrogens with zero attached hydrogens (tertiary/aromatic N) is 1. The first kappa shape index (κ1) is 13.3. The van der Waals surface area contributed by atoms with Crippen molar-refractivity contribution in [1.29, 1.82) is 0 Å². The van der Waals surface area contributed by atoms with Gasteiger partial charge in [0.1, 0.15) is 0 Å². The second-order valence-electron chi connectivity index (χ2n) is 5.93. The molecular formula is C18H21NO. The Morgan fingerprint density at radius 3 is 2.85 bits per heavy atom. The molecule has 2 aromatic rings. The summed E-state index contributed by atoms with van der Waals surface area (Å²) in [5, 5.41) is 2.22. The number of likely N-dealkylation sites (tertiary alicyclic amines) is 1. The van der Waals surface area contributed by atoms with Crippen LogP contribution in [0.5, 0.6) is 0 Å². The highest BCUT2D eigenvalue weighted by molar-refractivity contribution is 6.09. The van der Waals surface area contributed by atoms with E-state index in [0.29, 0.717) is 12.5 Å². The third-order valence-corrected chi connectivity index (χ3v) is 4.20. The molecule has 0 radical (unpaired) electrons. The number of carbonyl (C=O) groups excluding carboxylic acids is 1. The summed E-state index contributed by atoms with van der Waals surface area (Å²) >= 11 is 0. The van der Waals surface area contributed by atoms with Crippen LogP contribution >= 0.6 is 0 Å². The van der Waals surface area contributed by atoms with Crippen LogP contribution in [0, 0.1) is 5.92 Å². The lowest BCUT2D eigenvalue weighted by atomic mass is 9.98. The minimum Gasteiger partial charge on any atom is -0.296 e. The van der Waals surface area contributed by atoms with Crippen molar-refractivity contribution in [3.8, 4) is 0 Å². The monoisotopic (exact) mass is 267 g/mol. The van der Waals surface area contributed by atoms with Crippen molar-refractivity contribution in [2.45, 2.75) is 19.8 Å². The summed E-state index contributed by atoms with van der Waals surface area (Å²) in [7, 11) is 0. The molecule has 0 amide bonds. The Morgan fingerprint density at radius 1 is 1.20 bits per heavy atom. The summed E-state index contributed by atoms with van der Waals surface area (Å²) in [6, 6.07) is 14.1. The fourth-order valence-corrected chi connectivity index (χ4v) is 3.19. The maximum Gasteiger partial charge on any atom is 0.177 e. The lowest BCUT2D eigenvalue weighted by Crippen LogP contribution is -2.38. The third kappa shape index (κ3) is 2.75. The lowest BCUT2D eigenvalue weighted by Gasteiger charge is -2.30. The summed E-state index contributed by atoms with van der Waals surface area (Å²) in [6.07, 6.45) is 2.50. The van der Waals surface area contributed by atoms with Gasteiger partial charge in [-0.2, -0.15) is 0 Å². The molecule has 0 aromatic heterocycles. The summed E-state index contributed by atoms with van der Waals surface area (Å²) in [5.41, 5.74) is 0.862. The first-order valence-electron chi connectivity index (χ1n) is 7.47. The fraction of sp³-hybridized carbons (Fsp3) is 0.389. The van der Waals surface area contributed by atoms with E-state index in [0.717, 1.165) is 29.4 Å². The Kier molecular flexibility index (Phi) is 3.83. The molecular weight excluding hydrogens is 246 g/mol. The first-order chi connectivity index (χ1) is 9.74. The number of piperidine rings is 1. The zero-order valence-corrected chi connectivity index (χ0v) is 12.0. The van der Waals surface area contributed by atoms with Gasteiger partial charge < -0.3 is 0 Å². The molecule has 1 unspecified atom stereocenters. The van der Waals surface area contributed by atoms with Crippen molar-refractivity contribution < 1.29 is 4.79 Å². The van der Waals surface area contributed by atoms with Crippen LogP contribution in [0.2, 0.25) is 0 Å². The number of fused-ring (bicyclic) bond motifs is 1. The van der Waals surface area contributed by atoms with Crippen molar-refractivity contribution >= 4 is 16.6 Å². The number of Topliss-reactive ketones (excluding diaryl/α,β-unsaturated/α-hetero) is 1. The van der Waals surface area contributed by atoms with Gasteiger partial charge in [-0.25, -0.2) is 0 Å². The zero-order chi connectivity index (χ0) is 13.9. The highest BCUT2D eigenvalue weighted by Gasteiger charge is 2.19. The van der Waals surface area contributed by atoms with Gasteiger partial charge in [0.2, 0.25) is 0 Å². The van der Waals surface area contributed by atoms with Crippen LogP contribution in [0.15, 0.2) is 42.5 Å². The van der Waals surface area contributed by atoms with Crippen LogP contribution < -0.4 is 0 Å². The van der Waals surface area contributed by atoms with Crippen molar-refractivity contribution in [2.24, 2.45) is 5.92 Å². The Morgan fingerprint density at radius 2 is 2.00 bits per heavy atom. The quantitative estimate of drug-likeness (QED) is 0.789. The van der Waals surface area contributed by atoms with Crippen LogP contribution in [0.25, 0.3) is 10.8 Å². The number of rotatable bonds is 3. The molecule has 0 N–H and O–H groups in total. The minimum atomic E-state index is 0.246. The van der Waals surface area contributed by atoms with Crippen molar-refractivity contribution in [3.63, 3.8) is 0 Å². The van der Waals surface area contributed by atoms with E-state index < -0.39 is 0 Å². The van der Waals surface area contributed by atoms with Gasteiger partial charge in [0.15, 0.2) is 5.78 Å². The summed E-state index contributed by atoms with van der Waals surface area (Å²) in [4.78, 5) is 14.9. The van der Waals surface area contributed by atoms with E-state index in [1.54, 1.807) is 0 Å². The number of hydrogen-bond acceptors (Lipinski definition) is 2. The molecule has 0 bridgehead atoms. The number of benzene rings is 2. The summed E-state index contributed by atoms with van der Waals surface area (Å²) in [5.74, 6) is 0.958. The predicted molar refractivity (Wildman–Crippen MR) is 83.1 cm³/mol. The van der Waals surface area contributed by atoms with Gasteiger partial charge in [-0.15, -0.1) is 0 Å². The number of ketones is 1. The first-order valence-corrected chi connectivity index (χ1v) is 7.47. The molecule has 1 aliphatic heterocycles. The fourth-order valence-electron chi connectivity index (χ4n) is 3.19. The molecule has 1 aliphatic rings. The zero-order valence-electron chi connectivity index (χ0n) is 12.0. The van der Waals surface area contributed by atoms with E-state index in [2.05, 4.69) is 24.0 Å². The molecule has 1 heterocycles. The van der Waals surface area contributed by atoms with Gasteiger partial charge in [-0.3, -0.25) is 9.69 Å². The van der Waals surface area contributed by atoms with E-state index in [4.69, 9.17) is 0 Å². The molecule has 1 atom stereocenters. The van der Waals surface area contributed by atoms with Gasteiger partial charge in [0, 0.05) is 12.1 Å².